The van der Waals surface area contributed by atoms with Gasteiger partial charge in [-0.1, -0.05) is 45.1 Å². The van der Waals surface area contributed by atoms with E-state index in [0.29, 0.717) is 4.99 Å². The molecule has 0 aromatic heterocycles. The van der Waals surface area contributed by atoms with Gasteiger partial charge in [0.25, 0.3) is 0 Å². The molecule has 1 rings (SSSR count). The van der Waals surface area contributed by atoms with Gasteiger partial charge in [0.05, 0.1) is 5.69 Å². The summed E-state index contributed by atoms with van der Waals surface area (Å²) in [5.74, 6) is 0.0289. The summed E-state index contributed by atoms with van der Waals surface area (Å²) in [7, 11) is 1.74. The van der Waals surface area contributed by atoms with Crippen LogP contribution in [0.5, 0.6) is 0 Å². The van der Waals surface area contributed by atoms with Crippen molar-refractivity contribution in [1.29, 1.82) is 0 Å². The molecule has 0 saturated carbocycles. The van der Waals surface area contributed by atoms with Crippen LogP contribution in [0.3, 0.4) is 0 Å². The van der Waals surface area contributed by atoms with Crippen molar-refractivity contribution in [2.24, 2.45) is 11.1 Å². The van der Waals surface area contributed by atoms with E-state index in [1.54, 1.807) is 11.9 Å². The summed E-state index contributed by atoms with van der Waals surface area (Å²) in [5.41, 5.74) is 6.70. The molecule has 0 saturated heterocycles. The largest absolute Gasteiger partial charge is 0.389 e. The Hall–Kier alpha value is -1.42. The van der Waals surface area contributed by atoms with E-state index in [1.807, 2.05) is 45.0 Å². The van der Waals surface area contributed by atoms with Crippen molar-refractivity contribution in [3.05, 3.63) is 29.8 Å². The van der Waals surface area contributed by atoms with Crippen LogP contribution < -0.4 is 10.6 Å². The number of anilines is 1. The highest BCUT2D eigenvalue weighted by atomic mass is 32.1. The number of hydrogen-bond acceptors (Lipinski definition) is 2. The maximum atomic E-state index is 12.2. The molecule has 1 amide bonds. The molecule has 0 aliphatic carbocycles. The highest BCUT2D eigenvalue weighted by molar-refractivity contribution is 7.80. The molecule has 0 atom stereocenters. The Bertz CT molecular complexity index is 449. The summed E-state index contributed by atoms with van der Waals surface area (Å²) in [6.07, 6.45) is 0. The fraction of sp³-hybridized carbons (Fsp3) is 0.385. The molecule has 0 heterocycles. The van der Waals surface area contributed by atoms with E-state index in [4.69, 9.17) is 18.0 Å². The number of nitrogens with zero attached hydrogens (tertiary/aromatic N) is 1. The van der Waals surface area contributed by atoms with Crippen LogP contribution in [0, 0.1) is 5.41 Å². The number of carbonyl (C=O) groups excluding carboxylic acids is 1. The van der Waals surface area contributed by atoms with Crippen LogP contribution in [-0.2, 0) is 4.79 Å². The van der Waals surface area contributed by atoms with Crippen LogP contribution in [0.1, 0.15) is 26.3 Å². The maximum Gasteiger partial charge on any atom is 0.232 e. The quantitative estimate of drug-likeness (QED) is 0.819. The second kappa shape index (κ2) is 4.84. The molecule has 17 heavy (non-hydrogen) atoms. The minimum absolute atomic E-state index is 0.0289. The van der Waals surface area contributed by atoms with Crippen molar-refractivity contribution in [2.75, 3.05) is 11.9 Å². The van der Waals surface area contributed by atoms with Gasteiger partial charge in [0.15, 0.2) is 0 Å². The van der Waals surface area contributed by atoms with Gasteiger partial charge >= 0.3 is 0 Å². The number of hydrogen-bond donors (Lipinski definition) is 1. The molecule has 0 unspecified atom stereocenters. The molecular weight excluding hydrogens is 232 g/mol. The number of para-hydroxylation sites is 1. The van der Waals surface area contributed by atoms with Gasteiger partial charge in [-0.05, 0) is 12.1 Å². The monoisotopic (exact) mass is 250 g/mol. The Morgan fingerprint density at radius 2 is 1.82 bits per heavy atom. The number of amides is 1. The summed E-state index contributed by atoms with van der Waals surface area (Å²) < 4.78 is 0. The van der Waals surface area contributed by atoms with Gasteiger partial charge in [-0.25, -0.2) is 0 Å². The lowest BCUT2D eigenvalue weighted by Crippen LogP contribution is -2.37. The third kappa shape index (κ3) is 3.03. The van der Waals surface area contributed by atoms with Crippen molar-refractivity contribution in [2.45, 2.75) is 20.8 Å². The number of thiocarbonyl (C=S) groups is 1. The van der Waals surface area contributed by atoms with E-state index in [9.17, 15) is 4.79 Å². The van der Waals surface area contributed by atoms with Crippen molar-refractivity contribution in [3.8, 4) is 0 Å². The smallest absolute Gasteiger partial charge is 0.232 e. The van der Waals surface area contributed by atoms with Crippen LogP contribution in [0.15, 0.2) is 24.3 Å². The Kier molecular flexibility index (Phi) is 3.88. The van der Waals surface area contributed by atoms with Gasteiger partial charge in [-0.3, -0.25) is 4.79 Å². The Labute approximate surface area is 108 Å². The lowest BCUT2D eigenvalue weighted by atomic mass is 9.94. The molecule has 0 bridgehead atoms. The SMILES string of the molecule is CN(C(=O)C(C)(C)C)c1ccccc1C(N)=S. The number of nitrogens with two attached hydrogens (primary N) is 1. The summed E-state index contributed by atoms with van der Waals surface area (Å²) >= 11 is 4.99. The van der Waals surface area contributed by atoms with Crippen LogP contribution in [0.2, 0.25) is 0 Å². The van der Waals surface area contributed by atoms with Gasteiger partial charge in [-0.2, -0.15) is 0 Å². The number of carbonyl (C=O) groups is 1. The molecule has 1 aromatic carbocycles. The lowest BCUT2D eigenvalue weighted by Gasteiger charge is -2.27. The molecule has 0 spiro atoms. The Morgan fingerprint density at radius 1 is 1.29 bits per heavy atom. The molecule has 0 radical (unpaired) electrons. The van der Waals surface area contributed by atoms with E-state index in [0.717, 1.165) is 11.3 Å². The lowest BCUT2D eigenvalue weighted by molar-refractivity contribution is -0.125. The highest BCUT2D eigenvalue weighted by Gasteiger charge is 2.27. The molecule has 0 aliphatic heterocycles. The van der Waals surface area contributed by atoms with E-state index in [2.05, 4.69) is 0 Å². The van der Waals surface area contributed by atoms with Crippen LogP contribution in [0.4, 0.5) is 5.69 Å². The average Bonchev–Trinajstić information content (AvgIpc) is 2.25. The third-order valence-corrected chi connectivity index (χ3v) is 2.70. The average molecular weight is 250 g/mol. The fourth-order valence-corrected chi connectivity index (χ4v) is 1.76. The van der Waals surface area contributed by atoms with Crippen molar-refractivity contribution < 1.29 is 4.79 Å². The Morgan fingerprint density at radius 3 is 2.29 bits per heavy atom. The predicted octanol–water partition coefficient (Wildman–Crippen LogP) is 2.33. The number of benzene rings is 1. The summed E-state index contributed by atoms with van der Waals surface area (Å²) in [6, 6.07) is 7.39. The van der Waals surface area contributed by atoms with Gasteiger partial charge < -0.3 is 10.6 Å². The van der Waals surface area contributed by atoms with Gasteiger partial charge in [0, 0.05) is 18.0 Å². The summed E-state index contributed by atoms with van der Waals surface area (Å²) in [4.78, 5) is 14.1. The van der Waals surface area contributed by atoms with Crippen molar-refractivity contribution >= 4 is 28.8 Å². The van der Waals surface area contributed by atoms with Gasteiger partial charge in [-0.15, -0.1) is 0 Å². The van der Waals surface area contributed by atoms with E-state index in [1.165, 1.54) is 0 Å². The van der Waals surface area contributed by atoms with E-state index in [-0.39, 0.29) is 5.91 Å². The first-order chi connectivity index (χ1) is 7.75. The van der Waals surface area contributed by atoms with Gasteiger partial charge in [0.1, 0.15) is 4.99 Å². The minimum atomic E-state index is -0.432. The second-order valence-corrected chi connectivity index (χ2v) is 5.44. The third-order valence-electron chi connectivity index (χ3n) is 2.48. The zero-order valence-corrected chi connectivity index (χ0v) is 11.5. The summed E-state index contributed by atoms with van der Waals surface area (Å²) in [5, 5.41) is 0. The standard InChI is InChI=1S/C13H18N2OS/c1-13(2,3)12(16)15(4)10-8-6-5-7-9(10)11(14)17/h5-8H,1-4H3,(H2,14,17). The Balaban J connectivity index is 3.17. The van der Waals surface area contributed by atoms with Crippen molar-refractivity contribution in [3.63, 3.8) is 0 Å². The fourth-order valence-electron chi connectivity index (χ4n) is 1.59. The first kappa shape index (κ1) is 13.6. The molecule has 0 fully saturated rings. The van der Waals surface area contributed by atoms with E-state index < -0.39 is 5.41 Å². The maximum absolute atomic E-state index is 12.2. The first-order valence-corrected chi connectivity index (χ1v) is 5.83. The van der Waals surface area contributed by atoms with Gasteiger partial charge in [0.2, 0.25) is 5.91 Å². The van der Waals surface area contributed by atoms with E-state index >= 15 is 0 Å². The minimum Gasteiger partial charge on any atom is -0.389 e. The number of rotatable bonds is 2. The molecule has 2 N–H and O–H groups in total. The van der Waals surface area contributed by atoms with Crippen molar-refractivity contribution in [1.82, 2.24) is 0 Å². The molecule has 1 aromatic rings. The van der Waals surface area contributed by atoms with Crippen LogP contribution >= 0.6 is 12.2 Å². The molecule has 92 valence electrons. The van der Waals surface area contributed by atoms with Crippen LogP contribution in [-0.4, -0.2) is 17.9 Å². The second-order valence-electron chi connectivity index (χ2n) is 5.00. The molecule has 0 aliphatic rings. The molecule has 3 nitrogen and oxygen atoms in total. The summed E-state index contributed by atoms with van der Waals surface area (Å²) in [6.45, 7) is 5.65. The molecular formula is C13H18N2OS. The first-order valence-electron chi connectivity index (χ1n) is 5.42. The zero-order valence-electron chi connectivity index (χ0n) is 10.7. The normalized spacial score (nSPS) is 11.1. The van der Waals surface area contributed by atoms with Crippen LogP contribution in [0.25, 0.3) is 0 Å². The molecule has 4 heteroatoms. The highest BCUT2D eigenvalue weighted by Crippen LogP contribution is 2.24. The predicted molar refractivity (Wildman–Crippen MR) is 75.2 cm³/mol. The topological polar surface area (TPSA) is 46.3 Å². The zero-order chi connectivity index (χ0) is 13.2.